The van der Waals surface area contributed by atoms with Crippen molar-refractivity contribution in [3.63, 3.8) is 0 Å². The second kappa shape index (κ2) is 4.42. The van der Waals surface area contributed by atoms with Gasteiger partial charge in [0.1, 0.15) is 6.04 Å². The van der Waals surface area contributed by atoms with Crippen LogP contribution in [0.4, 0.5) is 10.5 Å². The summed E-state index contributed by atoms with van der Waals surface area (Å²) in [5, 5.41) is 12.0. The summed E-state index contributed by atoms with van der Waals surface area (Å²) >= 11 is 0. The lowest BCUT2D eigenvalue weighted by atomic mass is 9.99. The lowest BCUT2D eigenvalue weighted by Gasteiger charge is -2.31. The van der Waals surface area contributed by atoms with Crippen molar-refractivity contribution in [1.82, 2.24) is 5.32 Å². The number of hydrogen-bond donors (Lipinski definition) is 2. The molecule has 0 aromatic heterocycles. The van der Waals surface area contributed by atoms with Crippen molar-refractivity contribution in [2.24, 2.45) is 0 Å². The molecule has 1 heterocycles. The lowest BCUT2D eigenvalue weighted by molar-refractivity contribution is -0.127. The molecule has 1 aromatic carbocycles. The van der Waals surface area contributed by atoms with E-state index in [2.05, 4.69) is 5.32 Å². The predicted octanol–water partition coefficient (Wildman–Crippen LogP) is 0.773. The monoisotopic (exact) mass is 236 g/mol. The highest BCUT2D eigenvalue weighted by Gasteiger charge is 2.34. The fourth-order valence-electron chi connectivity index (χ4n) is 1.90. The van der Waals surface area contributed by atoms with Crippen LogP contribution in [-0.2, 0) is 16.1 Å². The van der Waals surface area contributed by atoms with E-state index in [1.165, 1.54) is 7.11 Å². The number of carbonyl (C=O) groups is 2. The van der Waals surface area contributed by atoms with E-state index in [1.807, 2.05) is 12.1 Å². The molecule has 2 N–H and O–H groups in total. The molecule has 90 valence electrons. The maximum absolute atomic E-state index is 11.9. The minimum atomic E-state index is -1.22. The SMILES string of the molecule is CON1C(=O)C(NC(=O)O)Cc2ccccc21. The van der Waals surface area contributed by atoms with Crippen LogP contribution in [0.25, 0.3) is 0 Å². The van der Waals surface area contributed by atoms with Crippen molar-refractivity contribution in [3.8, 4) is 0 Å². The largest absolute Gasteiger partial charge is 0.465 e. The summed E-state index contributed by atoms with van der Waals surface area (Å²) in [6.07, 6.45) is -0.889. The molecule has 1 atom stereocenters. The average molecular weight is 236 g/mol. The number of nitrogens with one attached hydrogen (secondary N) is 1. The third-order valence-corrected chi connectivity index (χ3v) is 2.61. The molecule has 1 aromatic rings. The zero-order chi connectivity index (χ0) is 12.4. The van der Waals surface area contributed by atoms with E-state index in [9.17, 15) is 9.59 Å². The Morgan fingerprint density at radius 1 is 1.53 bits per heavy atom. The number of anilines is 1. The van der Waals surface area contributed by atoms with Crippen LogP contribution >= 0.6 is 0 Å². The van der Waals surface area contributed by atoms with Gasteiger partial charge < -0.3 is 10.4 Å². The summed E-state index contributed by atoms with van der Waals surface area (Å²) in [5.41, 5.74) is 1.52. The van der Waals surface area contributed by atoms with Crippen LogP contribution in [0.3, 0.4) is 0 Å². The van der Waals surface area contributed by atoms with Crippen molar-refractivity contribution < 1.29 is 19.5 Å². The summed E-state index contributed by atoms with van der Waals surface area (Å²) in [6.45, 7) is 0. The number of rotatable bonds is 2. The number of para-hydroxylation sites is 1. The Bertz CT molecular complexity index is 461. The first-order valence-corrected chi connectivity index (χ1v) is 5.09. The van der Waals surface area contributed by atoms with E-state index < -0.39 is 18.0 Å². The summed E-state index contributed by atoms with van der Waals surface area (Å²) < 4.78 is 0. The van der Waals surface area contributed by atoms with E-state index >= 15 is 0 Å². The molecule has 6 heteroatoms. The molecule has 0 spiro atoms. The van der Waals surface area contributed by atoms with E-state index in [4.69, 9.17) is 9.94 Å². The smallest absolute Gasteiger partial charge is 0.405 e. The second-order valence-electron chi connectivity index (χ2n) is 3.65. The van der Waals surface area contributed by atoms with Gasteiger partial charge >= 0.3 is 6.09 Å². The highest BCUT2D eigenvalue weighted by atomic mass is 16.7. The summed E-state index contributed by atoms with van der Waals surface area (Å²) in [4.78, 5) is 27.5. The number of hydrogen-bond acceptors (Lipinski definition) is 3. The molecule has 0 fully saturated rings. The van der Waals surface area contributed by atoms with Gasteiger partial charge in [-0.1, -0.05) is 18.2 Å². The fourth-order valence-corrected chi connectivity index (χ4v) is 1.90. The van der Waals surface area contributed by atoms with Crippen LogP contribution in [0.5, 0.6) is 0 Å². The number of benzene rings is 1. The molecule has 2 amide bonds. The highest BCUT2D eigenvalue weighted by Crippen LogP contribution is 2.27. The molecule has 1 aliphatic rings. The molecule has 6 nitrogen and oxygen atoms in total. The summed E-state index contributed by atoms with van der Waals surface area (Å²) in [7, 11) is 1.37. The van der Waals surface area contributed by atoms with Crippen molar-refractivity contribution >= 4 is 17.7 Å². The third-order valence-electron chi connectivity index (χ3n) is 2.61. The molecule has 1 aliphatic heterocycles. The van der Waals surface area contributed by atoms with Gasteiger partial charge in [0.15, 0.2) is 0 Å². The minimum Gasteiger partial charge on any atom is -0.465 e. The maximum Gasteiger partial charge on any atom is 0.405 e. The predicted molar refractivity (Wildman–Crippen MR) is 59.6 cm³/mol. The zero-order valence-electron chi connectivity index (χ0n) is 9.21. The van der Waals surface area contributed by atoms with Crippen molar-refractivity contribution in [1.29, 1.82) is 0 Å². The van der Waals surface area contributed by atoms with Crippen molar-refractivity contribution in [2.45, 2.75) is 12.5 Å². The molecule has 0 saturated heterocycles. The Hall–Kier alpha value is -2.08. The molecular weight excluding hydrogens is 224 g/mol. The quantitative estimate of drug-likeness (QED) is 0.795. The van der Waals surface area contributed by atoms with Gasteiger partial charge in [-0.2, -0.15) is 5.06 Å². The Kier molecular flexibility index (Phi) is 2.97. The van der Waals surface area contributed by atoms with Gasteiger partial charge in [-0.05, 0) is 11.6 Å². The van der Waals surface area contributed by atoms with Gasteiger partial charge in [-0.15, -0.1) is 0 Å². The fraction of sp³-hybridized carbons (Fsp3) is 0.273. The number of carbonyl (C=O) groups excluding carboxylic acids is 1. The molecule has 0 bridgehead atoms. The molecule has 2 rings (SSSR count). The number of fused-ring (bicyclic) bond motifs is 1. The molecule has 17 heavy (non-hydrogen) atoms. The summed E-state index contributed by atoms with van der Waals surface area (Å²) in [6, 6.07) is 6.42. The van der Waals surface area contributed by atoms with E-state index in [-0.39, 0.29) is 0 Å². The number of nitrogens with zero attached hydrogens (tertiary/aromatic N) is 1. The maximum atomic E-state index is 11.9. The van der Waals surface area contributed by atoms with Gasteiger partial charge in [0.2, 0.25) is 0 Å². The standard InChI is InChI=1S/C11H12N2O4/c1-17-13-9-5-3-2-4-7(9)6-8(10(13)14)12-11(15)16/h2-5,8,12H,6H2,1H3,(H,15,16). The number of carboxylic acid groups (broad SMARTS) is 1. The van der Waals surface area contributed by atoms with Crippen molar-refractivity contribution in [3.05, 3.63) is 29.8 Å². The van der Waals surface area contributed by atoms with Crippen LogP contribution in [0.2, 0.25) is 0 Å². The normalized spacial score (nSPS) is 18.8. The van der Waals surface area contributed by atoms with Crippen LogP contribution in [-0.4, -0.2) is 30.3 Å². The summed E-state index contributed by atoms with van der Waals surface area (Å²) in [5.74, 6) is -0.409. The van der Waals surface area contributed by atoms with Gasteiger partial charge in [-0.3, -0.25) is 9.63 Å². The van der Waals surface area contributed by atoms with Crippen LogP contribution in [0, 0.1) is 0 Å². The Balaban J connectivity index is 2.35. The Labute approximate surface area is 97.7 Å². The Morgan fingerprint density at radius 3 is 2.88 bits per heavy atom. The molecule has 1 unspecified atom stereocenters. The third kappa shape index (κ3) is 2.07. The molecular formula is C11H12N2O4. The lowest BCUT2D eigenvalue weighted by Crippen LogP contribution is -2.52. The highest BCUT2D eigenvalue weighted by molar-refractivity contribution is 5.99. The van der Waals surface area contributed by atoms with Gasteiger partial charge in [0.05, 0.1) is 12.8 Å². The number of amides is 2. The second-order valence-corrected chi connectivity index (χ2v) is 3.65. The first-order chi connectivity index (χ1) is 8.13. The number of hydroxylamine groups is 1. The van der Waals surface area contributed by atoms with Crippen LogP contribution in [0.1, 0.15) is 5.56 Å². The first kappa shape index (κ1) is 11.4. The van der Waals surface area contributed by atoms with Crippen LogP contribution in [0.15, 0.2) is 24.3 Å². The first-order valence-electron chi connectivity index (χ1n) is 5.09. The molecule has 0 saturated carbocycles. The zero-order valence-corrected chi connectivity index (χ0v) is 9.21. The Morgan fingerprint density at radius 2 is 2.24 bits per heavy atom. The van der Waals surface area contributed by atoms with Crippen molar-refractivity contribution in [2.75, 3.05) is 12.2 Å². The topological polar surface area (TPSA) is 78.9 Å². The molecule has 0 aliphatic carbocycles. The van der Waals surface area contributed by atoms with E-state index in [0.29, 0.717) is 12.1 Å². The minimum absolute atomic E-state index is 0.334. The molecule has 0 radical (unpaired) electrons. The average Bonchev–Trinajstić information content (AvgIpc) is 2.30. The van der Waals surface area contributed by atoms with E-state index in [0.717, 1.165) is 10.6 Å². The van der Waals surface area contributed by atoms with Gasteiger partial charge in [0.25, 0.3) is 5.91 Å². The van der Waals surface area contributed by atoms with Crippen LogP contribution < -0.4 is 10.4 Å². The van der Waals surface area contributed by atoms with Gasteiger partial charge in [-0.25, -0.2) is 4.79 Å². The van der Waals surface area contributed by atoms with E-state index in [1.54, 1.807) is 12.1 Å². The van der Waals surface area contributed by atoms with Gasteiger partial charge in [0, 0.05) is 6.42 Å².